The maximum atomic E-state index is 13.0. The van der Waals surface area contributed by atoms with E-state index in [1.165, 1.54) is 0 Å². The molecule has 0 bridgehead atoms. The van der Waals surface area contributed by atoms with Crippen molar-refractivity contribution in [3.8, 4) is 22.6 Å². The molecule has 9 nitrogen and oxygen atoms in total. The number of nitrogens with one attached hydrogen (secondary N) is 3. The van der Waals surface area contributed by atoms with E-state index in [9.17, 15) is 9.59 Å². The van der Waals surface area contributed by atoms with Gasteiger partial charge in [0.05, 0.1) is 5.69 Å². The average molecular weight is 442 g/mol. The normalized spacial score (nSPS) is 18.0. The second-order valence-corrected chi connectivity index (χ2v) is 7.86. The molecule has 0 radical (unpaired) electrons. The molecule has 5 rings (SSSR count). The quantitative estimate of drug-likeness (QED) is 0.436. The summed E-state index contributed by atoms with van der Waals surface area (Å²) in [4.78, 5) is 25.1. The summed E-state index contributed by atoms with van der Waals surface area (Å²) in [5.74, 6) is 0.366. The highest BCUT2D eigenvalue weighted by atomic mass is 16.5. The Morgan fingerprint density at radius 1 is 1.06 bits per heavy atom. The maximum absolute atomic E-state index is 13.0. The van der Waals surface area contributed by atoms with Gasteiger partial charge in [-0.3, -0.25) is 14.9 Å². The summed E-state index contributed by atoms with van der Waals surface area (Å²) in [5.41, 5.74) is 2.50. The largest absolute Gasteiger partial charge is 0.355 e. The van der Waals surface area contributed by atoms with Crippen LogP contribution >= 0.6 is 0 Å². The Kier molecular flexibility index (Phi) is 5.45. The average Bonchev–Trinajstić information content (AvgIpc) is 3.48. The van der Waals surface area contributed by atoms with E-state index in [1.807, 2.05) is 67.6 Å². The summed E-state index contributed by atoms with van der Waals surface area (Å²) in [6.07, 6.45) is -0.238. The number of hydrogen-bond acceptors (Lipinski definition) is 6. The van der Waals surface area contributed by atoms with E-state index in [0.29, 0.717) is 23.7 Å². The smallest absolute Gasteiger partial charge is 0.279 e. The molecule has 166 valence electrons. The number of carbonyl (C=O) groups excluding carboxylic acids is 2. The Morgan fingerprint density at radius 2 is 1.76 bits per heavy atom. The predicted molar refractivity (Wildman–Crippen MR) is 122 cm³/mol. The summed E-state index contributed by atoms with van der Waals surface area (Å²) < 4.78 is 6.92. The van der Waals surface area contributed by atoms with Crippen molar-refractivity contribution in [2.24, 2.45) is 0 Å². The van der Waals surface area contributed by atoms with Gasteiger partial charge in [-0.2, -0.15) is 5.10 Å². The molecule has 2 aromatic heterocycles. The molecule has 1 aliphatic rings. The number of benzene rings is 2. The minimum Gasteiger partial charge on any atom is -0.355 e. The van der Waals surface area contributed by atoms with Crippen LogP contribution in [0.25, 0.3) is 22.6 Å². The van der Waals surface area contributed by atoms with Crippen LogP contribution < -0.4 is 16.0 Å². The van der Waals surface area contributed by atoms with Gasteiger partial charge >= 0.3 is 0 Å². The minimum atomic E-state index is -0.605. The van der Waals surface area contributed by atoms with Crippen molar-refractivity contribution >= 4 is 17.6 Å². The number of rotatable bonds is 5. The molecular weight excluding hydrogens is 420 g/mol. The van der Waals surface area contributed by atoms with Gasteiger partial charge in [0, 0.05) is 35.7 Å². The fourth-order valence-electron chi connectivity index (χ4n) is 3.73. The zero-order valence-electron chi connectivity index (χ0n) is 17.9. The fraction of sp³-hybridized carbons (Fsp3) is 0.167. The predicted octanol–water partition coefficient (Wildman–Crippen LogP) is 3.41. The molecule has 1 aliphatic heterocycles. The highest BCUT2D eigenvalue weighted by Gasteiger charge is 2.28. The zero-order valence-corrected chi connectivity index (χ0v) is 17.9. The Labute approximate surface area is 189 Å². The van der Waals surface area contributed by atoms with Crippen molar-refractivity contribution < 1.29 is 14.1 Å². The van der Waals surface area contributed by atoms with Gasteiger partial charge in [-0.15, -0.1) is 0 Å². The van der Waals surface area contributed by atoms with Crippen molar-refractivity contribution in [2.45, 2.75) is 25.7 Å². The molecule has 1 saturated heterocycles. The summed E-state index contributed by atoms with van der Waals surface area (Å²) in [6, 6.07) is 22.3. The first-order chi connectivity index (χ1) is 16.1. The highest BCUT2D eigenvalue weighted by Crippen LogP contribution is 2.26. The third-order valence-corrected chi connectivity index (χ3v) is 5.32. The third-order valence-electron chi connectivity index (χ3n) is 5.32. The lowest BCUT2D eigenvalue weighted by atomic mass is 10.1. The molecule has 2 atom stereocenters. The Balaban J connectivity index is 1.45. The lowest BCUT2D eigenvalue weighted by Gasteiger charge is -2.30. The van der Waals surface area contributed by atoms with E-state index in [1.54, 1.807) is 16.8 Å². The molecule has 2 aromatic carbocycles. The van der Waals surface area contributed by atoms with E-state index in [2.05, 4.69) is 26.2 Å². The SMILES string of the molecule is CC1CC(=O)NC(n2nc(-c3ccccc3)cc2NC(=O)c2cc(-c3ccccc3)on2)N1. The molecule has 9 heteroatoms. The second kappa shape index (κ2) is 8.71. The lowest BCUT2D eigenvalue weighted by Crippen LogP contribution is -2.52. The number of amides is 2. The topological polar surface area (TPSA) is 114 Å². The van der Waals surface area contributed by atoms with Gasteiger partial charge < -0.3 is 15.2 Å². The Hall–Kier alpha value is -4.24. The van der Waals surface area contributed by atoms with Crippen molar-refractivity contribution in [3.63, 3.8) is 0 Å². The van der Waals surface area contributed by atoms with E-state index >= 15 is 0 Å². The maximum Gasteiger partial charge on any atom is 0.279 e. The third kappa shape index (κ3) is 4.39. The first-order valence-electron chi connectivity index (χ1n) is 10.6. The van der Waals surface area contributed by atoms with Crippen LogP contribution in [0.3, 0.4) is 0 Å². The van der Waals surface area contributed by atoms with Crippen LogP contribution in [-0.4, -0.2) is 32.8 Å². The van der Waals surface area contributed by atoms with E-state index in [4.69, 9.17) is 4.52 Å². The number of carbonyl (C=O) groups is 2. The molecule has 0 saturated carbocycles. The molecule has 0 aliphatic carbocycles. The Bertz CT molecular complexity index is 1280. The van der Waals surface area contributed by atoms with Gasteiger partial charge in [0.25, 0.3) is 5.91 Å². The number of nitrogens with zero attached hydrogens (tertiary/aromatic N) is 3. The van der Waals surface area contributed by atoms with Gasteiger partial charge in [0.15, 0.2) is 17.7 Å². The first-order valence-corrected chi connectivity index (χ1v) is 10.6. The highest BCUT2D eigenvalue weighted by molar-refractivity contribution is 6.03. The van der Waals surface area contributed by atoms with Crippen LogP contribution in [0, 0.1) is 0 Å². The van der Waals surface area contributed by atoms with E-state index in [0.717, 1.165) is 11.1 Å². The standard InChI is InChI=1S/C24H22N6O3/c1-15-12-22(31)27-24(25-15)30-21(14-18(28-30)16-8-4-2-5-9-16)26-23(32)19-13-20(33-29-19)17-10-6-3-7-11-17/h2-11,13-15,24-25H,12H2,1H3,(H,26,32)(H,27,31). The minimum absolute atomic E-state index is 0.0411. The van der Waals surface area contributed by atoms with Crippen LogP contribution in [0.1, 0.15) is 30.1 Å². The molecule has 33 heavy (non-hydrogen) atoms. The van der Waals surface area contributed by atoms with E-state index < -0.39 is 12.2 Å². The van der Waals surface area contributed by atoms with Crippen LogP contribution in [0.2, 0.25) is 0 Å². The molecule has 3 N–H and O–H groups in total. The van der Waals surface area contributed by atoms with Gasteiger partial charge in [0.2, 0.25) is 5.91 Å². The monoisotopic (exact) mass is 442 g/mol. The van der Waals surface area contributed by atoms with Crippen LogP contribution in [0.4, 0.5) is 5.82 Å². The summed E-state index contributed by atoms with van der Waals surface area (Å²) >= 11 is 0. The second-order valence-electron chi connectivity index (χ2n) is 7.86. The van der Waals surface area contributed by atoms with Crippen molar-refractivity contribution in [1.29, 1.82) is 0 Å². The molecule has 2 amide bonds. The number of aromatic nitrogens is 3. The van der Waals surface area contributed by atoms with Crippen molar-refractivity contribution in [2.75, 3.05) is 5.32 Å². The van der Waals surface area contributed by atoms with Crippen LogP contribution in [0.15, 0.2) is 77.3 Å². The zero-order chi connectivity index (χ0) is 22.8. The Morgan fingerprint density at radius 3 is 2.45 bits per heavy atom. The van der Waals surface area contributed by atoms with Crippen LogP contribution in [-0.2, 0) is 4.79 Å². The van der Waals surface area contributed by atoms with Crippen LogP contribution in [0.5, 0.6) is 0 Å². The number of hydrogen-bond donors (Lipinski definition) is 3. The van der Waals surface area contributed by atoms with Gasteiger partial charge in [0.1, 0.15) is 5.82 Å². The lowest BCUT2D eigenvalue weighted by molar-refractivity contribution is -0.125. The number of anilines is 1. The van der Waals surface area contributed by atoms with Gasteiger partial charge in [-0.1, -0.05) is 65.8 Å². The summed E-state index contributed by atoms with van der Waals surface area (Å²) in [6.45, 7) is 1.92. The molecule has 0 spiro atoms. The van der Waals surface area contributed by atoms with Gasteiger partial charge in [-0.25, -0.2) is 4.68 Å². The summed E-state index contributed by atoms with van der Waals surface area (Å²) in [7, 11) is 0. The first kappa shape index (κ1) is 20.7. The van der Waals surface area contributed by atoms with Crippen molar-refractivity contribution in [3.05, 3.63) is 78.5 Å². The fourth-order valence-corrected chi connectivity index (χ4v) is 3.73. The van der Waals surface area contributed by atoms with Crippen molar-refractivity contribution in [1.82, 2.24) is 25.6 Å². The molecule has 3 heterocycles. The molecule has 2 unspecified atom stereocenters. The van der Waals surface area contributed by atoms with Gasteiger partial charge in [-0.05, 0) is 6.92 Å². The van der Waals surface area contributed by atoms with E-state index in [-0.39, 0.29) is 17.6 Å². The molecule has 4 aromatic rings. The molecular formula is C24H22N6O3. The molecule has 1 fully saturated rings. The summed E-state index contributed by atoms with van der Waals surface area (Å²) in [5, 5.41) is 17.6.